The fourth-order valence-electron chi connectivity index (χ4n) is 4.41. The van der Waals surface area contributed by atoms with E-state index in [1.165, 1.54) is 11.1 Å². The Kier molecular flexibility index (Phi) is 8.02. The van der Waals surface area contributed by atoms with E-state index in [9.17, 15) is 5.11 Å². The lowest BCUT2D eigenvalue weighted by Crippen LogP contribution is -2.50. The molecule has 5 nitrogen and oxygen atoms in total. The van der Waals surface area contributed by atoms with E-state index in [1.807, 2.05) is 19.2 Å². The van der Waals surface area contributed by atoms with Crippen LogP contribution in [0.15, 0.2) is 79.1 Å². The number of benzene rings is 2. The summed E-state index contributed by atoms with van der Waals surface area (Å²) in [6.07, 6.45) is 3.13. The second-order valence-corrected chi connectivity index (χ2v) is 8.53. The largest absolute Gasteiger partial charge is 0.389 e. The average Bonchev–Trinajstić information content (AvgIpc) is 2.83. The SMILES string of the molecule is Cc1cnccc1COCC(O)CN1CCN(C(c2ccccc2)c2ccccc2)CC1. The molecule has 1 aromatic heterocycles. The minimum atomic E-state index is -0.484. The quantitative estimate of drug-likeness (QED) is 0.560. The standard InChI is InChI=1S/C27H33N3O2/c1-22-18-28-13-12-25(22)20-32-21-26(31)19-29-14-16-30(17-15-29)27(23-8-4-2-5-9-23)24-10-6-3-7-11-24/h2-13,18,26-27,31H,14-17,19-21H2,1H3. The van der Waals surface area contributed by atoms with E-state index in [-0.39, 0.29) is 6.04 Å². The van der Waals surface area contributed by atoms with E-state index in [2.05, 4.69) is 75.4 Å². The van der Waals surface area contributed by atoms with E-state index < -0.39 is 6.10 Å². The predicted molar refractivity (Wildman–Crippen MR) is 127 cm³/mol. The molecule has 1 aliphatic heterocycles. The molecule has 1 fully saturated rings. The van der Waals surface area contributed by atoms with Crippen LogP contribution in [0, 0.1) is 6.92 Å². The van der Waals surface area contributed by atoms with E-state index in [0.717, 1.165) is 37.3 Å². The Hall–Kier alpha value is -2.57. The van der Waals surface area contributed by atoms with Crippen molar-refractivity contribution < 1.29 is 9.84 Å². The zero-order chi connectivity index (χ0) is 22.2. The summed E-state index contributed by atoms with van der Waals surface area (Å²) in [5.41, 5.74) is 4.89. The van der Waals surface area contributed by atoms with Crippen molar-refractivity contribution in [1.82, 2.24) is 14.8 Å². The first-order chi connectivity index (χ1) is 15.7. The Bertz CT molecular complexity index is 904. The van der Waals surface area contributed by atoms with Gasteiger partial charge in [-0.05, 0) is 35.2 Å². The number of aryl methyl sites for hydroxylation is 1. The summed E-state index contributed by atoms with van der Waals surface area (Å²) in [5.74, 6) is 0. The predicted octanol–water partition coefficient (Wildman–Crippen LogP) is 3.67. The Balaban J connectivity index is 1.28. The second kappa shape index (κ2) is 11.3. The summed E-state index contributed by atoms with van der Waals surface area (Å²) in [6.45, 7) is 7.35. The molecule has 4 rings (SSSR count). The van der Waals surface area contributed by atoms with Crippen molar-refractivity contribution >= 4 is 0 Å². The van der Waals surface area contributed by atoms with Gasteiger partial charge < -0.3 is 9.84 Å². The maximum absolute atomic E-state index is 10.5. The maximum Gasteiger partial charge on any atom is 0.0900 e. The van der Waals surface area contributed by atoms with Gasteiger partial charge in [-0.15, -0.1) is 0 Å². The first-order valence-corrected chi connectivity index (χ1v) is 11.4. The molecule has 0 radical (unpaired) electrons. The van der Waals surface area contributed by atoms with Crippen LogP contribution in [-0.4, -0.2) is 65.3 Å². The van der Waals surface area contributed by atoms with Gasteiger partial charge in [0.25, 0.3) is 0 Å². The number of aromatic nitrogens is 1. The Morgan fingerprint density at radius 1 is 0.906 bits per heavy atom. The van der Waals surface area contributed by atoms with Crippen LogP contribution >= 0.6 is 0 Å². The third kappa shape index (κ3) is 6.02. The summed E-state index contributed by atoms with van der Waals surface area (Å²) in [4.78, 5) is 9.00. The lowest BCUT2D eigenvalue weighted by atomic mass is 9.96. The van der Waals surface area contributed by atoms with Crippen molar-refractivity contribution in [3.05, 3.63) is 101 Å². The van der Waals surface area contributed by atoms with Crippen LogP contribution in [0.2, 0.25) is 0 Å². The van der Waals surface area contributed by atoms with Gasteiger partial charge >= 0.3 is 0 Å². The molecular formula is C27H33N3O2. The lowest BCUT2D eigenvalue weighted by Gasteiger charge is -2.40. The number of aliphatic hydroxyl groups is 1. The number of hydrogen-bond acceptors (Lipinski definition) is 5. The summed E-state index contributed by atoms with van der Waals surface area (Å²) in [6, 6.07) is 23.7. The molecule has 1 N–H and O–H groups in total. The molecule has 1 atom stereocenters. The number of hydrogen-bond donors (Lipinski definition) is 1. The summed E-state index contributed by atoms with van der Waals surface area (Å²) in [7, 11) is 0. The molecule has 1 saturated heterocycles. The highest BCUT2D eigenvalue weighted by atomic mass is 16.5. The number of β-amino-alcohol motifs (C(OH)–C–C–N with tert-alkyl or cyclic N) is 1. The van der Waals surface area contributed by atoms with Crippen LogP contribution < -0.4 is 0 Å². The molecule has 0 aliphatic carbocycles. The molecule has 0 spiro atoms. The lowest BCUT2D eigenvalue weighted by molar-refractivity contribution is -0.000829. The zero-order valence-electron chi connectivity index (χ0n) is 18.8. The third-order valence-corrected chi connectivity index (χ3v) is 6.18. The van der Waals surface area contributed by atoms with Crippen LogP contribution in [0.25, 0.3) is 0 Å². The van der Waals surface area contributed by atoms with E-state index in [0.29, 0.717) is 19.8 Å². The smallest absolute Gasteiger partial charge is 0.0900 e. The average molecular weight is 432 g/mol. The molecular weight excluding hydrogens is 398 g/mol. The van der Waals surface area contributed by atoms with Crippen LogP contribution in [-0.2, 0) is 11.3 Å². The van der Waals surface area contributed by atoms with Gasteiger partial charge in [0.1, 0.15) is 0 Å². The molecule has 168 valence electrons. The van der Waals surface area contributed by atoms with Crippen molar-refractivity contribution in [1.29, 1.82) is 0 Å². The van der Waals surface area contributed by atoms with Crippen LogP contribution in [0.1, 0.15) is 28.3 Å². The highest BCUT2D eigenvalue weighted by Crippen LogP contribution is 2.29. The molecule has 5 heteroatoms. The fourth-order valence-corrected chi connectivity index (χ4v) is 4.41. The monoisotopic (exact) mass is 431 g/mol. The number of rotatable bonds is 9. The van der Waals surface area contributed by atoms with Crippen molar-refractivity contribution in [3.63, 3.8) is 0 Å². The Labute approximate surface area is 191 Å². The van der Waals surface area contributed by atoms with Gasteiger partial charge in [0.2, 0.25) is 0 Å². The van der Waals surface area contributed by atoms with Crippen molar-refractivity contribution in [3.8, 4) is 0 Å². The van der Waals surface area contributed by atoms with Gasteiger partial charge in [0.05, 0.1) is 25.4 Å². The van der Waals surface area contributed by atoms with Crippen LogP contribution in [0.3, 0.4) is 0 Å². The van der Waals surface area contributed by atoms with Crippen molar-refractivity contribution in [2.45, 2.75) is 25.7 Å². The van der Waals surface area contributed by atoms with E-state index in [4.69, 9.17) is 4.74 Å². The van der Waals surface area contributed by atoms with Gasteiger partial charge in [-0.3, -0.25) is 14.8 Å². The fraction of sp³-hybridized carbons (Fsp3) is 0.370. The summed E-state index contributed by atoms with van der Waals surface area (Å²) in [5, 5.41) is 10.5. The van der Waals surface area contributed by atoms with Gasteiger partial charge in [0, 0.05) is 45.1 Å². The van der Waals surface area contributed by atoms with Crippen LogP contribution in [0.4, 0.5) is 0 Å². The van der Waals surface area contributed by atoms with Crippen molar-refractivity contribution in [2.75, 3.05) is 39.3 Å². The first-order valence-electron chi connectivity index (χ1n) is 11.4. The highest BCUT2D eigenvalue weighted by Gasteiger charge is 2.27. The molecule has 1 unspecified atom stereocenters. The Morgan fingerprint density at radius 2 is 1.53 bits per heavy atom. The number of aliphatic hydroxyl groups excluding tert-OH is 1. The molecule has 3 aromatic rings. The molecule has 2 heterocycles. The van der Waals surface area contributed by atoms with Gasteiger partial charge in [-0.1, -0.05) is 60.7 Å². The van der Waals surface area contributed by atoms with E-state index >= 15 is 0 Å². The summed E-state index contributed by atoms with van der Waals surface area (Å²) >= 11 is 0. The molecule has 2 aromatic carbocycles. The van der Waals surface area contributed by atoms with Gasteiger partial charge in [-0.2, -0.15) is 0 Å². The van der Waals surface area contributed by atoms with Gasteiger partial charge in [-0.25, -0.2) is 0 Å². The molecule has 32 heavy (non-hydrogen) atoms. The van der Waals surface area contributed by atoms with E-state index in [1.54, 1.807) is 6.20 Å². The highest BCUT2D eigenvalue weighted by molar-refractivity contribution is 5.32. The molecule has 0 amide bonds. The summed E-state index contributed by atoms with van der Waals surface area (Å²) < 4.78 is 5.76. The number of ether oxygens (including phenoxy) is 1. The van der Waals surface area contributed by atoms with Crippen molar-refractivity contribution in [2.24, 2.45) is 0 Å². The first kappa shape index (κ1) is 22.6. The normalized spacial score (nSPS) is 16.3. The Morgan fingerprint density at radius 3 is 2.12 bits per heavy atom. The number of pyridine rings is 1. The van der Waals surface area contributed by atoms with Gasteiger partial charge in [0.15, 0.2) is 0 Å². The topological polar surface area (TPSA) is 48.8 Å². The molecule has 0 bridgehead atoms. The molecule has 1 aliphatic rings. The third-order valence-electron chi connectivity index (χ3n) is 6.18. The second-order valence-electron chi connectivity index (χ2n) is 8.53. The number of piperazine rings is 1. The van der Waals surface area contributed by atoms with Crippen LogP contribution in [0.5, 0.6) is 0 Å². The minimum Gasteiger partial charge on any atom is -0.389 e. The molecule has 0 saturated carbocycles. The zero-order valence-corrected chi connectivity index (χ0v) is 18.8. The number of nitrogens with zero attached hydrogens (tertiary/aromatic N) is 3. The maximum atomic E-state index is 10.5. The minimum absolute atomic E-state index is 0.261.